The van der Waals surface area contributed by atoms with Gasteiger partial charge in [-0.3, -0.25) is 5.43 Å². The van der Waals surface area contributed by atoms with Crippen molar-refractivity contribution in [3.8, 4) is 18.2 Å². The Morgan fingerprint density at radius 2 is 1.83 bits per heavy atom. The number of nitrogens with zero attached hydrogens (tertiary/aromatic N) is 4. The van der Waals surface area contributed by atoms with Gasteiger partial charge >= 0.3 is 0 Å². The zero-order valence-electron chi connectivity index (χ0n) is 8.50. The van der Waals surface area contributed by atoms with Gasteiger partial charge in [-0.05, 0) is 37.9 Å². The SMILES string of the molecule is N#CC(C#N)=NNc1c(Br)cc(Br)c(Cl)c1C#N. The molecule has 8 heteroatoms. The first-order valence-corrected chi connectivity index (χ1v) is 6.23. The number of hydrogen-bond acceptors (Lipinski definition) is 5. The number of halogens is 3. The van der Waals surface area contributed by atoms with Gasteiger partial charge in [0, 0.05) is 8.95 Å². The summed E-state index contributed by atoms with van der Waals surface area (Å²) in [5.41, 5.74) is 2.55. The van der Waals surface area contributed by atoms with E-state index in [1.54, 1.807) is 18.2 Å². The number of hydrogen-bond donors (Lipinski definition) is 1. The number of anilines is 1. The third-order valence-corrected chi connectivity index (χ3v) is 3.65. The van der Waals surface area contributed by atoms with Crippen LogP contribution in [0.4, 0.5) is 5.69 Å². The van der Waals surface area contributed by atoms with Crippen molar-refractivity contribution in [2.24, 2.45) is 5.10 Å². The summed E-state index contributed by atoms with van der Waals surface area (Å²) in [4.78, 5) is 0. The van der Waals surface area contributed by atoms with Crippen LogP contribution < -0.4 is 5.43 Å². The second-order valence-corrected chi connectivity index (χ2v) is 4.90. The van der Waals surface area contributed by atoms with Gasteiger partial charge in [0.2, 0.25) is 5.71 Å². The van der Waals surface area contributed by atoms with E-state index in [0.717, 1.165) is 0 Å². The van der Waals surface area contributed by atoms with Crippen LogP contribution in [0.15, 0.2) is 20.1 Å². The Balaban J connectivity index is 3.32. The molecule has 1 aromatic rings. The van der Waals surface area contributed by atoms with Crippen molar-refractivity contribution in [2.75, 3.05) is 5.43 Å². The maximum Gasteiger partial charge on any atom is 0.237 e. The fourth-order valence-electron chi connectivity index (χ4n) is 0.996. The molecule has 0 aliphatic heterocycles. The quantitative estimate of drug-likeness (QED) is 0.477. The van der Waals surface area contributed by atoms with Crippen molar-refractivity contribution in [2.45, 2.75) is 0 Å². The number of nitriles is 3. The molecule has 0 fully saturated rings. The highest BCUT2D eigenvalue weighted by Crippen LogP contribution is 2.37. The van der Waals surface area contributed by atoms with Gasteiger partial charge in [-0.2, -0.15) is 20.9 Å². The molecule has 0 spiro atoms. The Bertz CT molecular complexity index is 632. The number of rotatable bonds is 2. The van der Waals surface area contributed by atoms with Gasteiger partial charge < -0.3 is 0 Å². The zero-order chi connectivity index (χ0) is 13.7. The molecule has 18 heavy (non-hydrogen) atoms. The Morgan fingerprint density at radius 1 is 1.22 bits per heavy atom. The minimum Gasteiger partial charge on any atom is -0.274 e. The topological polar surface area (TPSA) is 95.8 Å². The van der Waals surface area contributed by atoms with Gasteiger partial charge in [-0.25, -0.2) is 0 Å². The lowest BCUT2D eigenvalue weighted by molar-refractivity contribution is 1.31. The number of nitrogens with one attached hydrogen (secondary N) is 1. The first kappa shape index (κ1) is 14.5. The number of hydrazone groups is 1. The van der Waals surface area contributed by atoms with Crippen LogP contribution in [0, 0.1) is 34.0 Å². The molecule has 0 saturated heterocycles. The Labute approximate surface area is 125 Å². The molecule has 0 saturated carbocycles. The summed E-state index contributed by atoms with van der Waals surface area (Å²) in [6.07, 6.45) is 0. The van der Waals surface area contributed by atoms with Gasteiger partial charge in [-0.1, -0.05) is 11.6 Å². The minimum atomic E-state index is -0.357. The molecule has 88 valence electrons. The lowest BCUT2D eigenvalue weighted by Gasteiger charge is -2.08. The minimum absolute atomic E-state index is 0.150. The van der Waals surface area contributed by atoms with E-state index in [-0.39, 0.29) is 22.0 Å². The van der Waals surface area contributed by atoms with E-state index < -0.39 is 0 Å². The number of benzene rings is 1. The molecule has 0 aliphatic rings. The molecule has 0 heterocycles. The summed E-state index contributed by atoms with van der Waals surface area (Å²) in [7, 11) is 0. The molecule has 5 nitrogen and oxygen atoms in total. The summed E-state index contributed by atoms with van der Waals surface area (Å²) >= 11 is 12.4. The van der Waals surface area contributed by atoms with Crippen molar-refractivity contribution < 1.29 is 0 Å². The highest BCUT2D eigenvalue weighted by atomic mass is 79.9. The van der Waals surface area contributed by atoms with E-state index in [1.165, 1.54) is 0 Å². The predicted octanol–water partition coefficient (Wildman–Crippen LogP) is 3.55. The van der Waals surface area contributed by atoms with Gasteiger partial charge in [0.15, 0.2) is 0 Å². The molecule has 0 radical (unpaired) electrons. The van der Waals surface area contributed by atoms with Crippen molar-refractivity contribution >= 4 is 54.9 Å². The molecule has 1 rings (SSSR count). The van der Waals surface area contributed by atoms with Crippen LogP contribution in [0.25, 0.3) is 0 Å². The second-order valence-electron chi connectivity index (χ2n) is 2.81. The van der Waals surface area contributed by atoms with E-state index >= 15 is 0 Å². The van der Waals surface area contributed by atoms with Crippen LogP contribution in [-0.4, -0.2) is 5.71 Å². The zero-order valence-corrected chi connectivity index (χ0v) is 12.4. The van der Waals surface area contributed by atoms with Crippen LogP contribution in [0.3, 0.4) is 0 Å². The van der Waals surface area contributed by atoms with Gasteiger partial charge in [-0.15, -0.1) is 0 Å². The van der Waals surface area contributed by atoms with E-state index in [1.807, 2.05) is 6.07 Å². The molecule has 1 N–H and O–H groups in total. The highest BCUT2D eigenvalue weighted by Gasteiger charge is 2.14. The van der Waals surface area contributed by atoms with E-state index in [2.05, 4.69) is 42.4 Å². The fourth-order valence-corrected chi connectivity index (χ4v) is 2.44. The molecule has 0 bridgehead atoms. The van der Waals surface area contributed by atoms with Crippen LogP contribution in [0.2, 0.25) is 5.02 Å². The van der Waals surface area contributed by atoms with Crippen molar-refractivity contribution in [3.05, 3.63) is 25.6 Å². The van der Waals surface area contributed by atoms with Gasteiger partial charge in [0.05, 0.1) is 16.3 Å². The molecule has 0 unspecified atom stereocenters. The summed E-state index contributed by atoms with van der Waals surface area (Å²) in [6, 6.07) is 6.72. The van der Waals surface area contributed by atoms with Crippen molar-refractivity contribution in [1.82, 2.24) is 0 Å². The summed E-state index contributed by atoms with van der Waals surface area (Å²) < 4.78 is 1.07. The van der Waals surface area contributed by atoms with Crippen LogP contribution in [0.5, 0.6) is 0 Å². The van der Waals surface area contributed by atoms with Crippen molar-refractivity contribution in [3.63, 3.8) is 0 Å². The Morgan fingerprint density at radius 3 is 2.33 bits per heavy atom. The third kappa shape index (κ3) is 3.00. The summed E-state index contributed by atoms with van der Waals surface area (Å²) in [5, 5.41) is 29.9. The normalized spacial score (nSPS) is 8.67. The first-order valence-electron chi connectivity index (χ1n) is 4.26. The molecular weight excluding hydrogens is 385 g/mol. The molecule has 0 amide bonds. The fraction of sp³-hybridized carbons (Fsp3) is 0. The van der Waals surface area contributed by atoms with E-state index in [0.29, 0.717) is 8.95 Å². The maximum atomic E-state index is 9.03. The van der Waals surface area contributed by atoms with Crippen LogP contribution in [-0.2, 0) is 0 Å². The first-order chi connectivity index (χ1) is 8.54. The highest BCUT2D eigenvalue weighted by molar-refractivity contribution is 9.11. The lowest BCUT2D eigenvalue weighted by atomic mass is 10.2. The molecule has 0 aliphatic carbocycles. The third-order valence-electron chi connectivity index (χ3n) is 1.77. The van der Waals surface area contributed by atoms with Crippen LogP contribution >= 0.6 is 43.5 Å². The van der Waals surface area contributed by atoms with E-state index in [9.17, 15) is 0 Å². The largest absolute Gasteiger partial charge is 0.274 e. The predicted molar refractivity (Wildman–Crippen MR) is 73.9 cm³/mol. The lowest BCUT2D eigenvalue weighted by Crippen LogP contribution is -2.00. The summed E-state index contributed by atoms with van der Waals surface area (Å²) in [5.74, 6) is 0. The molecule has 0 aromatic heterocycles. The van der Waals surface area contributed by atoms with Crippen molar-refractivity contribution in [1.29, 1.82) is 15.8 Å². The molecular formula is C10H2Br2ClN5. The Kier molecular flexibility index (Phi) is 5.12. The van der Waals surface area contributed by atoms with Gasteiger partial charge in [0.1, 0.15) is 18.2 Å². The average molecular weight is 387 g/mol. The average Bonchev–Trinajstić information content (AvgIpc) is 2.36. The maximum absolute atomic E-state index is 9.03. The smallest absolute Gasteiger partial charge is 0.237 e. The van der Waals surface area contributed by atoms with E-state index in [4.69, 9.17) is 27.4 Å². The Hall–Kier alpha value is -1.59. The summed E-state index contributed by atoms with van der Waals surface area (Å²) in [6.45, 7) is 0. The molecule has 0 atom stereocenters. The second kappa shape index (κ2) is 6.37. The molecule has 1 aromatic carbocycles. The van der Waals surface area contributed by atoms with Crippen LogP contribution in [0.1, 0.15) is 5.56 Å². The monoisotopic (exact) mass is 385 g/mol. The van der Waals surface area contributed by atoms with Gasteiger partial charge in [0.25, 0.3) is 0 Å². The standard InChI is InChI=1S/C10H2Br2ClN5/c11-7-1-8(12)10(6(4-16)9(7)13)18-17-5(2-14)3-15/h1,18H.